The molecule has 2 heterocycles. The molecular weight excluding hydrogens is 206 g/mol. The van der Waals surface area contributed by atoms with Gasteiger partial charge in [-0.15, -0.1) is 0 Å². The molecule has 0 fully saturated rings. The first kappa shape index (κ1) is 10.4. The highest BCUT2D eigenvalue weighted by molar-refractivity contribution is 5.76. The van der Waals surface area contributed by atoms with Crippen molar-refractivity contribution >= 4 is 17.2 Å². The smallest absolute Gasteiger partial charge is 0.221 e. The van der Waals surface area contributed by atoms with E-state index in [-0.39, 0.29) is 5.91 Å². The second-order valence-corrected chi connectivity index (χ2v) is 3.29. The molecule has 0 aliphatic rings. The lowest BCUT2D eigenvalue weighted by molar-refractivity contribution is -0.120. The summed E-state index contributed by atoms with van der Waals surface area (Å²) < 4.78 is 1.73. The van der Waals surface area contributed by atoms with Crippen molar-refractivity contribution in [2.24, 2.45) is 0 Å². The lowest BCUT2D eigenvalue weighted by Crippen LogP contribution is -2.21. The van der Waals surface area contributed by atoms with Crippen LogP contribution in [0, 0.1) is 0 Å². The van der Waals surface area contributed by atoms with E-state index in [0.717, 1.165) is 11.3 Å². The number of rotatable bonds is 4. The van der Waals surface area contributed by atoms with Crippen molar-refractivity contribution in [3.63, 3.8) is 0 Å². The van der Waals surface area contributed by atoms with Crippen LogP contribution in [0.5, 0.6) is 0 Å². The first-order valence-electron chi connectivity index (χ1n) is 5.04. The van der Waals surface area contributed by atoms with Gasteiger partial charge in [0.1, 0.15) is 5.52 Å². The Labute approximate surface area is 92.7 Å². The van der Waals surface area contributed by atoms with Gasteiger partial charge in [0.05, 0.1) is 6.20 Å². The minimum absolute atomic E-state index is 0.00737. The molecule has 0 saturated carbocycles. The lowest BCUT2D eigenvalue weighted by atomic mass is 10.4. The Hall–Kier alpha value is -2.11. The molecule has 16 heavy (non-hydrogen) atoms. The highest BCUT2D eigenvalue weighted by atomic mass is 16.1. The van der Waals surface area contributed by atoms with Gasteiger partial charge in [-0.3, -0.25) is 4.79 Å². The van der Waals surface area contributed by atoms with Crippen molar-refractivity contribution in [1.29, 1.82) is 0 Å². The third-order valence-corrected chi connectivity index (χ3v) is 2.25. The molecule has 0 spiro atoms. The van der Waals surface area contributed by atoms with Gasteiger partial charge in [0.2, 0.25) is 5.91 Å². The van der Waals surface area contributed by atoms with Crippen LogP contribution in [-0.4, -0.2) is 34.1 Å². The Bertz CT molecular complexity index is 493. The highest BCUT2D eigenvalue weighted by Gasteiger charge is 2.03. The fourth-order valence-corrected chi connectivity index (χ4v) is 1.41. The summed E-state index contributed by atoms with van der Waals surface area (Å²) in [5, 5.41) is 9.77. The molecule has 2 aromatic heterocycles. The molecule has 0 unspecified atom stereocenters. The van der Waals surface area contributed by atoms with Crippen LogP contribution in [0.2, 0.25) is 0 Å². The third-order valence-electron chi connectivity index (χ3n) is 2.25. The van der Waals surface area contributed by atoms with Crippen molar-refractivity contribution in [2.45, 2.75) is 6.42 Å². The Morgan fingerprint density at radius 1 is 1.50 bits per heavy atom. The lowest BCUT2D eigenvalue weighted by Gasteiger charge is -2.05. The SMILES string of the molecule is CNC(=O)CCNc1nccn2nccc12. The third kappa shape index (κ3) is 2.10. The van der Waals surface area contributed by atoms with Gasteiger partial charge < -0.3 is 10.6 Å². The summed E-state index contributed by atoms with van der Waals surface area (Å²) in [6, 6.07) is 1.87. The van der Waals surface area contributed by atoms with Crippen molar-refractivity contribution in [1.82, 2.24) is 19.9 Å². The molecule has 2 rings (SSSR count). The molecule has 0 saturated heterocycles. The molecule has 0 atom stereocenters. The number of fused-ring (bicyclic) bond motifs is 1. The zero-order valence-corrected chi connectivity index (χ0v) is 8.97. The van der Waals surface area contributed by atoms with E-state index < -0.39 is 0 Å². The monoisotopic (exact) mass is 219 g/mol. The number of carbonyl (C=O) groups is 1. The quantitative estimate of drug-likeness (QED) is 0.774. The van der Waals surface area contributed by atoms with Gasteiger partial charge in [-0.25, -0.2) is 9.50 Å². The van der Waals surface area contributed by atoms with E-state index >= 15 is 0 Å². The van der Waals surface area contributed by atoms with E-state index in [1.54, 1.807) is 30.2 Å². The number of anilines is 1. The molecule has 84 valence electrons. The topological polar surface area (TPSA) is 71.3 Å². The molecule has 0 aliphatic carbocycles. The average molecular weight is 219 g/mol. The molecule has 0 bridgehead atoms. The van der Waals surface area contributed by atoms with Gasteiger partial charge in [-0.2, -0.15) is 5.10 Å². The normalized spacial score (nSPS) is 10.3. The summed E-state index contributed by atoms with van der Waals surface area (Å²) >= 11 is 0. The summed E-state index contributed by atoms with van der Waals surface area (Å²) in [5.74, 6) is 0.747. The van der Waals surface area contributed by atoms with E-state index in [2.05, 4.69) is 20.7 Å². The fourth-order valence-electron chi connectivity index (χ4n) is 1.41. The zero-order chi connectivity index (χ0) is 11.4. The number of nitrogens with zero attached hydrogens (tertiary/aromatic N) is 3. The molecule has 6 nitrogen and oxygen atoms in total. The zero-order valence-electron chi connectivity index (χ0n) is 8.97. The van der Waals surface area contributed by atoms with Crippen LogP contribution >= 0.6 is 0 Å². The van der Waals surface area contributed by atoms with E-state index in [4.69, 9.17) is 0 Å². The molecular formula is C10H13N5O. The molecule has 2 aromatic rings. The van der Waals surface area contributed by atoms with Crippen molar-refractivity contribution < 1.29 is 4.79 Å². The molecule has 0 radical (unpaired) electrons. The number of nitrogens with one attached hydrogen (secondary N) is 2. The molecule has 0 aromatic carbocycles. The number of hydrogen-bond acceptors (Lipinski definition) is 4. The second-order valence-electron chi connectivity index (χ2n) is 3.29. The molecule has 6 heteroatoms. The van der Waals surface area contributed by atoms with Gasteiger partial charge >= 0.3 is 0 Å². The summed E-state index contributed by atoms with van der Waals surface area (Å²) in [5.41, 5.74) is 0.902. The number of amides is 1. The Morgan fingerprint density at radius 3 is 3.19 bits per heavy atom. The minimum atomic E-state index is 0.00737. The van der Waals surface area contributed by atoms with Crippen LogP contribution in [0.4, 0.5) is 5.82 Å². The maximum absolute atomic E-state index is 11.0. The number of hydrogen-bond donors (Lipinski definition) is 2. The highest BCUT2D eigenvalue weighted by Crippen LogP contribution is 2.11. The fraction of sp³-hybridized carbons (Fsp3) is 0.300. The van der Waals surface area contributed by atoms with Gasteiger partial charge in [0, 0.05) is 32.4 Å². The Balaban J connectivity index is 2.04. The molecule has 1 amide bonds. The van der Waals surface area contributed by atoms with Crippen LogP contribution in [-0.2, 0) is 4.79 Å². The first-order valence-corrected chi connectivity index (χ1v) is 5.04. The summed E-state index contributed by atoms with van der Waals surface area (Å²) in [6.45, 7) is 0.553. The largest absolute Gasteiger partial charge is 0.368 e. The van der Waals surface area contributed by atoms with E-state index in [1.165, 1.54) is 0 Å². The second kappa shape index (κ2) is 4.61. The average Bonchev–Trinajstić information content (AvgIpc) is 2.77. The number of aromatic nitrogens is 3. The predicted octanol–water partition coefficient (Wildman–Crippen LogP) is 0.277. The maximum Gasteiger partial charge on any atom is 0.221 e. The standard InChI is InChI=1S/C10H13N5O/c1-11-9(16)3-4-12-10-8-2-5-14-15(8)7-6-13-10/h2,5-7H,3-4H2,1H3,(H,11,16)(H,12,13). The Kier molecular flexibility index (Phi) is 3.00. The molecule has 0 aliphatic heterocycles. The van der Waals surface area contributed by atoms with Gasteiger partial charge in [-0.05, 0) is 6.07 Å². The van der Waals surface area contributed by atoms with Crippen LogP contribution in [0.3, 0.4) is 0 Å². The van der Waals surface area contributed by atoms with Gasteiger partial charge in [0.15, 0.2) is 5.82 Å². The van der Waals surface area contributed by atoms with Crippen molar-refractivity contribution in [2.75, 3.05) is 18.9 Å². The Morgan fingerprint density at radius 2 is 2.38 bits per heavy atom. The van der Waals surface area contributed by atoms with E-state index in [0.29, 0.717) is 13.0 Å². The van der Waals surface area contributed by atoms with Crippen LogP contribution in [0.15, 0.2) is 24.7 Å². The van der Waals surface area contributed by atoms with E-state index in [1.807, 2.05) is 6.07 Å². The van der Waals surface area contributed by atoms with Gasteiger partial charge in [0.25, 0.3) is 0 Å². The minimum Gasteiger partial charge on any atom is -0.368 e. The van der Waals surface area contributed by atoms with Crippen molar-refractivity contribution in [3.05, 3.63) is 24.7 Å². The van der Waals surface area contributed by atoms with Crippen LogP contribution in [0.25, 0.3) is 5.52 Å². The van der Waals surface area contributed by atoms with Crippen molar-refractivity contribution in [3.8, 4) is 0 Å². The maximum atomic E-state index is 11.0. The van der Waals surface area contributed by atoms with Crippen LogP contribution in [0.1, 0.15) is 6.42 Å². The molecule has 2 N–H and O–H groups in total. The van der Waals surface area contributed by atoms with Gasteiger partial charge in [-0.1, -0.05) is 0 Å². The first-order chi connectivity index (χ1) is 7.81. The summed E-state index contributed by atoms with van der Waals surface area (Å²) in [6.07, 6.45) is 5.58. The predicted molar refractivity (Wildman–Crippen MR) is 60.2 cm³/mol. The summed E-state index contributed by atoms with van der Waals surface area (Å²) in [4.78, 5) is 15.2. The van der Waals surface area contributed by atoms with E-state index in [9.17, 15) is 4.79 Å². The van der Waals surface area contributed by atoms with Crippen LogP contribution < -0.4 is 10.6 Å². The summed E-state index contributed by atoms with van der Waals surface area (Å²) in [7, 11) is 1.62. The number of carbonyl (C=O) groups excluding carboxylic acids is 1.